The molecular weight excluding hydrogens is 298 g/mol. The first-order valence-corrected chi connectivity index (χ1v) is 7.48. The van der Waals surface area contributed by atoms with Crippen LogP contribution >= 0.6 is 0 Å². The third-order valence-corrected chi connectivity index (χ3v) is 4.20. The molecule has 1 atom stereocenters. The van der Waals surface area contributed by atoms with Crippen LogP contribution in [0.3, 0.4) is 0 Å². The first-order valence-electron chi connectivity index (χ1n) is 7.48. The molecule has 1 amide bonds. The average molecular weight is 317 g/mol. The molecule has 2 aromatic rings. The number of pyridine rings is 1. The first-order chi connectivity index (χ1) is 10.9. The van der Waals surface area contributed by atoms with E-state index in [0.29, 0.717) is 18.7 Å². The lowest BCUT2D eigenvalue weighted by Crippen LogP contribution is -2.51. The van der Waals surface area contributed by atoms with E-state index in [-0.39, 0.29) is 23.0 Å². The molecular formula is C15H19N5O3. The molecule has 0 bridgehead atoms. The summed E-state index contributed by atoms with van der Waals surface area (Å²) in [5, 5.41) is 3.54. The first kappa shape index (κ1) is 15.4. The van der Waals surface area contributed by atoms with Gasteiger partial charge in [-0.3, -0.25) is 18.7 Å². The van der Waals surface area contributed by atoms with E-state index in [1.54, 1.807) is 11.9 Å². The van der Waals surface area contributed by atoms with Gasteiger partial charge in [0, 0.05) is 46.0 Å². The van der Waals surface area contributed by atoms with Crippen molar-refractivity contribution < 1.29 is 4.79 Å². The predicted molar refractivity (Wildman–Crippen MR) is 85.6 cm³/mol. The van der Waals surface area contributed by atoms with Crippen molar-refractivity contribution in [3.8, 4) is 0 Å². The molecule has 1 aliphatic rings. The van der Waals surface area contributed by atoms with Crippen molar-refractivity contribution in [3.05, 3.63) is 38.7 Å². The highest BCUT2D eigenvalue weighted by atomic mass is 16.2. The quantitative estimate of drug-likeness (QED) is 0.734. The zero-order chi connectivity index (χ0) is 16.7. The number of piperazine rings is 1. The summed E-state index contributed by atoms with van der Waals surface area (Å²) in [6.45, 7) is 3.99. The Morgan fingerprint density at radius 3 is 2.74 bits per heavy atom. The highest BCUT2D eigenvalue weighted by Crippen LogP contribution is 2.11. The number of amides is 1. The van der Waals surface area contributed by atoms with Crippen molar-refractivity contribution in [2.45, 2.75) is 13.0 Å². The molecule has 3 heterocycles. The van der Waals surface area contributed by atoms with Gasteiger partial charge in [-0.15, -0.1) is 0 Å². The largest absolute Gasteiger partial charge is 0.336 e. The van der Waals surface area contributed by atoms with Crippen molar-refractivity contribution in [1.29, 1.82) is 0 Å². The Kier molecular flexibility index (Phi) is 3.77. The number of nitrogens with zero attached hydrogens (tertiary/aromatic N) is 4. The summed E-state index contributed by atoms with van der Waals surface area (Å²) in [6, 6.07) is 1.76. The maximum absolute atomic E-state index is 12.6. The van der Waals surface area contributed by atoms with Gasteiger partial charge in [-0.25, -0.2) is 9.78 Å². The summed E-state index contributed by atoms with van der Waals surface area (Å²) in [4.78, 5) is 42.7. The van der Waals surface area contributed by atoms with Crippen molar-refractivity contribution in [2.24, 2.45) is 14.1 Å². The Balaban J connectivity index is 2.08. The van der Waals surface area contributed by atoms with E-state index in [1.165, 1.54) is 23.9 Å². The molecule has 1 fully saturated rings. The van der Waals surface area contributed by atoms with Crippen LogP contribution in [0.2, 0.25) is 0 Å². The van der Waals surface area contributed by atoms with Crippen LogP contribution in [-0.4, -0.2) is 50.6 Å². The molecule has 122 valence electrons. The SMILES string of the molecule is C[C@H]1CN(C(=O)c2cnc3c(c2)c(=O)n(C)c(=O)n3C)CCN1. The zero-order valence-electron chi connectivity index (χ0n) is 13.4. The minimum Gasteiger partial charge on any atom is -0.336 e. The molecule has 1 N–H and O–H groups in total. The second-order valence-electron chi connectivity index (χ2n) is 5.91. The Bertz CT molecular complexity index is 898. The maximum atomic E-state index is 12.6. The number of nitrogens with one attached hydrogen (secondary N) is 1. The number of aromatic nitrogens is 3. The van der Waals surface area contributed by atoms with Crippen LogP contribution in [0.15, 0.2) is 21.9 Å². The number of carbonyl (C=O) groups is 1. The second-order valence-corrected chi connectivity index (χ2v) is 5.91. The van der Waals surface area contributed by atoms with Crippen molar-refractivity contribution in [3.63, 3.8) is 0 Å². The molecule has 2 aromatic heterocycles. The molecule has 8 nitrogen and oxygen atoms in total. The van der Waals surface area contributed by atoms with Gasteiger partial charge in [-0.2, -0.15) is 0 Å². The fourth-order valence-corrected chi connectivity index (χ4v) is 2.88. The van der Waals surface area contributed by atoms with Gasteiger partial charge >= 0.3 is 5.69 Å². The van der Waals surface area contributed by atoms with E-state index >= 15 is 0 Å². The smallest absolute Gasteiger partial charge is 0.332 e. The number of carbonyl (C=O) groups excluding carboxylic acids is 1. The lowest BCUT2D eigenvalue weighted by atomic mass is 10.1. The molecule has 0 aliphatic carbocycles. The van der Waals surface area contributed by atoms with E-state index in [1.807, 2.05) is 6.92 Å². The number of fused-ring (bicyclic) bond motifs is 1. The topological polar surface area (TPSA) is 89.2 Å². The second kappa shape index (κ2) is 5.62. The van der Waals surface area contributed by atoms with Gasteiger partial charge in [0.2, 0.25) is 0 Å². The highest BCUT2D eigenvalue weighted by molar-refractivity contribution is 5.96. The standard InChI is InChI=1S/C15H19N5O3/c1-9-8-20(5-4-16-9)13(21)10-6-11-12(17-7-10)18(2)15(23)19(3)14(11)22/h6-7,9,16H,4-5,8H2,1-3H3/t9-/m0/s1. The number of aryl methyl sites for hydroxylation is 1. The Labute approximate surface area is 132 Å². The molecule has 1 saturated heterocycles. The molecule has 0 aromatic carbocycles. The Morgan fingerprint density at radius 1 is 1.30 bits per heavy atom. The van der Waals surface area contributed by atoms with E-state index in [9.17, 15) is 14.4 Å². The molecule has 8 heteroatoms. The van der Waals surface area contributed by atoms with Gasteiger partial charge in [-0.1, -0.05) is 0 Å². The van der Waals surface area contributed by atoms with E-state index in [4.69, 9.17) is 0 Å². The molecule has 1 aliphatic heterocycles. The minimum atomic E-state index is -0.445. The number of hydrogen-bond donors (Lipinski definition) is 1. The fraction of sp³-hybridized carbons (Fsp3) is 0.467. The molecule has 0 radical (unpaired) electrons. The molecule has 0 saturated carbocycles. The van der Waals surface area contributed by atoms with Crippen LogP contribution < -0.4 is 16.6 Å². The summed E-state index contributed by atoms with van der Waals surface area (Å²) in [5.74, 6) is -0.149. The van der Waals surface area contributed by atoms with E-state index in [2.05, 4.69) is 10.3 Å². The van der Waals surface area contributed by atoms with Crippen LogP contribution in [0.1, 0.15) is 17.3 Å². The molecule has 0 spiro atoms. The van der Waals surface area contributed by atoms with Crippen LogP contribution in [0.25, 0.3) is 11.0 Å². The van der Waals surface area contributed by atoms with E-state index in [0.717, 1.165) is 11.1 Å². The third-order valence-electron chi connectivity index (χ3n) is 4.20. The maximum Gasteiger partial charge on any atom is 0.332 e. The zero-order valence-corrected chi connectivity index (χ0v) is 13.4. The summed E-state index contributed by atoms with van der Waals surface area (Å²) in [7, 11) is 2.97. The lowest BCUT2D eigenvalue weighted by molar-refractivity contribution is 0.0709. The predicted octanol–water partition coefficient (Wildman–Crippen LogP) is -0.934. The third kappa shape index (κ3) is 2.55. The van der Waals surface area contributed by atoms with Crippen LogP contribution in [-0.2, 0) is 14.1 Å². The van der Waals surface area contributed by atoms with Gasteiger partial charge in [-0.05, 0) is 13.0 Å². The van der Waals surface area contributed by atoms with Crippen LogP contribution in [0, 0.1) is 0 Å². The molecule has 0 unspecified atom stereocenters. The van der Waals surface area contributed by atoms with Gasteiger partial charge in [0.25, 0.3) is 11.5 Å². The van der Waals surface area contributed by atoms with Crippen LogP contribution in [0.4, 0.5) is 0 Å². The van der Waals surface area contributed by atoms with Gasteiger partial charge in [0.15, 0.2) is 0 Å². The Morgan fingerprint density at radius 2 is 2.04 bits per heavy atom. The van der Waals surface area contributed by atoms with Crippen molar-refractivity contribution >= 4 is 16.9 Å². The van der Waals surface area contributed by atoms with Crippen molar-refractivity contribution in [2.75, 3.05) is 19.6 Å². The monoisotopic (exact) mass is 317 g/mol. The summed E-state index contributed by atoms with van der Waals surface area (Å²) in [6.07, 6.45) is 1.43. The lowest BCUT2D eigenvalue weighted by Gasteiger charge is -2.31. The highest BCUT2D eigenvalue weighted by Gasteiger charge is 2.22. The van der Waals surface area contributed by atoms with Gasteiger partial charge < -0.3 is 10.2 Å². The van der Waals surface area contributed by atoms with Crippen LogP contribution in [0.5, 0.6) is 0 Å². The molecule has 23 heavy (non-hydrogen) atoms. The van der Waals surface area contributed by atoms with Gasteiger partial charge in [0.05, 0.1) is 10.9 Å². The summed E-state index contributed by atoms with van der Waals surface area (Å²) in [5.41, 5.74) is -0.241. The normalized spacial score (nSPS) is 18.4. The molecule has 3 rings (SSSR count). The van der Waals surface area contributed by atoms with Crippen molar-refractivity contribution in [1.82, 2.24) is 24.3 Å². The van der Waals surface area contributed by atoms with E-state index < -0.39 is 11.2 Å². The fourth-order valence-electron chi connectivity index (χ4n) is 2.88. The summed E-state index contributed by atoms with van der Waals surface area (Å²) < 4.78 is 2.32. The minimum absolute atomic E-state index is 0.149. The number of rotatable bonds is 1. The van der Waals surface area contributed by atoms with Gasteiger partial charge in [0.1, 0.15) is 5.65 Å². The Hall–Kier alpha value is -2.48. The summed E-state index contributed by atoms with van der Waals surface area (Å²) >= 11 is 0. The number of hydrogen-bond acceptors (Lipinski definition) is 5. The average Bonchev–Trinajstić information content (AvgIpc) is 2.57.